The van der Waals surface area contributed by atoms with E-state index in [1.165, 1.54) is 0 Å². The summed E-state index contributed by atoms with van der Waals surface area (Å²) in [6.45, 7) is 1.44. The predicted octanol–water partition coefficient (Wildman–Crippen LogP) is 4.98. The lowest BCUT2D eigenvalue weighted by Gasteiger charge is -2.27. The van der Waals surface area contributed by atoms with Gasteiger partial charge in [0.05, 0.1) is 28.8 Å². The van der Waals surface area contributed by atoms with Gasteiger partial charge in [-0.25, -0.2) is 4.98 Å². The molecule has 4 fully saturated rings. The number of rotatable bonds is 4. The Kier molecular flexibility index (Phi) is 7.31. The fourth-order valence-electron chi connectivity index (χ4n) is 8.12. The van der Waals surface area contributed by atoms with Crippen molar-refractivity contribution in [1.29, 1.82) is 0 Å². The summed E-state index contributed by atoms with van der Waals surface area (Å²) in [5.74, 6) is 7.66. The van der Waals surface area contributed by atoms with Crippen molar-refractivity contribution in [2.45, 2.75) is 82.7 Å². The lowest BCUT2D eigenvalue weighted by molar-refractivity contribution is -0.137. The maximum Gasteiger partial charge on any atom is 0.226 e. The largest absolute Gasteiger partial charge is 0.340 e. The van der Waals surface area contributed by atoms with E-state index in [-0.39, 0.29) is 47.3 Å². The van der Waals surface area contributed by atoms with E-state index in [4.69, 9.17) is 9.98 Å². The summed E-state index contributed by atoms with van der Waals surface area (Å²) < 4.78 is 0. The van der Waals surface area contributed by atoms with Crippen LogP contribution in [0.15, 0.2) is 41.4 Å². The smallest absolute Gasteiger partial charge is 0.226 e. The van der Waals surface area contributed by atoms with Crippen LogP contribution in [0.1, 0.15) is 92.8 Å². The van der Waals surface area contributed by atoms with Crippen LogP contribution < -0.4 is 0 Å². The summed E-state index contributed by atoms with van der Waals surface area (Å²) in [5, 5.41) is 0. The Morgan fingerprint density at radius 1 is 0.783 bits per heavy atom. The predicted molar refractivity (Wildman–Crippen MR) is 172 cm³/mol. The fraction of sp³-hybridized carbons (Fsp3) is 0.459. The number of hydrogen-bond donors (Lipinski definition) is 1. The van der Waals surface area contributed by atoms with E-state index >= 15 is 0 Å². The zero-order valence-corrected chi connectivity index (χ0v) is 25.9. The summed E-state index contributed by atoms with van der Waals surface area (Å²) in [7, 11) is 0. The van der Waals surface area contributed by atoms with Crippen molar-refractivity contribution in [2.75, 3.05) is 13.1 Å². The first kappa shape index (κ1) is 28.9. The van der Waals surface area contributed by atoms with Gasteiger partial charge in [0.2, 0.25) is 11.8 Å². The number of Topliss-reactive ketones (excluding diaryl/α,β-unsaturated/α-hetero) is 2. The number of carbonyl (C=O) groups is 4. The Bertz CT molecular complexity index is 1880. The molecule has 1 aromatic heterocycles. The van der Waals surface area contributed by atoms with Gasteiger partial charge in [0.15, 0.2) is 0 Å². The van der Waals surface area contributed by atoms with Crippen molar-refractivity contribution < 1.29 is 19.2 Å². The molecule has 9 heteroatoms. The maximum absolute atomic E-state index is 13.2. The molecule has 0 radical (unpaired) electrons. The molecule has 2 saturated carbocycles. The third-order valence-electron chi connectivity index (χ3n) is 10.5. The topological polar surface area (TPSA) is 116 Å². The Morgan fingerprint density at radius 2 is 1.41 bits per heavy atom. The molecule has 2 saturated heterocycles. The summed E-state index contributed by atoms with van der Waals surface area (Å²) in [4.78, 5) is 67.1. The minimum Gasteiger partial charge on any atom is -0.340 e. The van der Waals surface area contributed by atoms with Gasteiger partial charge < -0.3 is 14.8 Å². The van der Waals surface area contributed by atoms with Gasteiger partial charge in [0.1, 0.15) is 17.4 Å². The Labute approximate surface area is 267 Å². The molecular weight excluding hydrogens is 578 g/mol. The third kappa shape index (κ3) is 5.34. The quantitative estimate of drug-likeness (QED) is 0.416. The van der Waals surface area contributed by atoms with Crippen LogP contribution in [0.2, 0.25) is 0 Å². The first-order valence-corrected chi connectivity index (χ1v) is 16.8. The standard InChI is InChI=1S/C37H37N5O4/c43-27-11-9-24(19-27)36(45)41-15-1-3-33(41)32-21-26-17-22(7-13-29(26)38-32)5-6-23-8-14-30-31(18-23)40-35(39-30)34-4-2-16-42(34)37(46)25-10-12-28(44)20-25/h7-8,13-14,17-18,24-25,33-34H,1-4,9-12,15-16,19-21H2,(H,39,40)/t24-,25?,33+,34+/m1/s1. The second-order valence-electron chi connectivity index (χ2n) is 13.6. The molecule has 1 unspecified atom stereocenters. The average molecular weight is 616 g/mol. The highest BCUT2D eigenvalue weighted by atomic mass is 16.2. The number of ketones is 2. The molecule has 0 spiro atoms. The van der Waals surface area contributed by atoms with E-state index in [9.17, 15) is 19.2 Å². The number of fused-ring (bicyclic) bond motifs is 2. The number of hydrogen-bond acceptors (Lipinski definition) is 6. The first-order chi connectivity index (χ1) is 22.4. The molecule has 8 rings (SSSR count). The molecule has 2 aliphatic carbocycles. The number of likely N-dealkylation sites (tertiary alicyclic amines) is 2. The Balaban J connectivity index is 0.950. The second-order valence-corrected chi connectivity index (χ2v) is 13.6. The Hall–Kier alpha value is -4.58. The van der Waals surface area contributed by atoms with Gasteiger partial charge in [-0.3, -0.25) is 24.2 Å². The molecule has 5 aliphatic rings. The Morgan fingerprint density at radius 3 is 2.09 bits per heavy atom. The summed E-state index contributed by atoms with van der Waals surface area (Å²) >= 11 is 0. The fourth-order valence-corrected chi connectivity index (χ4v) is 8.12. The van der Waals surface area contributed by atoms with Gasteiger partial charge in [-0.2, -0.15) is 0 Å². The maximum atomic E-state index is 13.2. The number of aromatic amines is 1. The number of aliphatic imine (C=N–C) groups is 1. The van der Waals surface area contributed by atoms with E-state index in [1.54, 1.807) is 0 Å². The van der Waals surface area contributed by atoms with Crippen LogP contribution in [0.4, 0.5) is 5.69 Å². The molecule has 2 amide bonds. The van der Waals surface area contributed by atoms with Crippen LogP contribution in [0, 0.1) is 23.7 Å². The zero-order valence-electron chi connectivity index (χ0n) is 25.9. The molecule has 4 atom stereocenters. The second kappa shape index (κ2) is 11.7. The number of amides is 2. The minimum atomic E-state index is -0.187. The zero-order chi connectivity index (χ0) is 31.4. The molecule has 9 nitrogen and oxygen atoms in total. The highest BCUT2D eigenvalue weighted by Gasteiger charge is 2.40. The van der Waals surface area contributed by atoms with Gasteiger partial charge >= 0.3 is 0 Å². The van der Waals surface area contributed by atoms with Crippen LogP contribution in [0.25, 0.3) is 11.0 Å². The van der Waals surface area contributed by atoms with Crippen LogP contribution in [0.3, 0.4) is 0 Å². The number of benzene rings is 2. The van der Waals surface area contributed by atoms with E-state index in [0.29, 0.717) is 51.5 Å². The molecule has 4 heterocycles. The summed E-state index contributed by atoms with van der Waals surface area (Å²) in [6, 6.07) is 12.0. The molecule has 3 aromatic rings. The normalized spacial score (nSPS) is 25.7. The van der Waals surface area contributed by atoms with Crippen molar-refractivity contribution in [3.8, 4) is 11.8 Å². The molecule has 2 aromatic carbocycles. The van der Waals surface area contributed by atoms with Gasteiger partial charge in [0.25, 0.3) is 0 Å². The van der Waals surface area contributed by atoms with Crippen LogP contribution in [0.5, 0.6) is 0 Å². The highest BCUT2D eigenvalue weighted by molar-refractivity contribution is 6.01. The number of imidazole rings is 1. The summed E-state index contributed by atoms with van der Waals surface area (Å²) in [6.07, 6.45) is 7.50. The number of nitrogens with zero attached hydrogens (tertiary/aromatic N) is 4. The van der Waals surface area contributed by atoms with E-state index in [2.05, 4.69) is 22.9 Å². The van der Waals surface area contributed by atoms with E-state index in [0.717, 1.165) is 77.2 Å². The highest BCUT2D eigenvalue weighted by Crippen LogP contribution is 2.36. The lowest BCUT2D eigenvalue weighted by atomic mass is 10.00. The first-order valence-electron chi connectivity index (χ1n) is 16.8. The van der Waals surface area contributed by atoms with Crippen LogP contribution in [-0.2, 0) is 25.6 Å². The summed E-state index contributed by atoms with van der Waals surface area (Å²) in [5.41, 5.74) is 6.63. The van der Waals surface area contributed by atoms with Crippen LogP contribution in [-0.4, -0.2) is 68.0 Å². The van der Waals surface area contributed by atoms with Crippen LogP contribution >= 0.6 is 0 Å². The lowest BCUT2D eigenvalue weighted by Crippen LogP contribution is -2.43. The molecular formula is C37H37N5O4. The molecule has 46 heavy (non-hydrogen) atoms. The molecule has 1 N–H and O–H groups in total. The van der Waals surface area contributed by atoms with Crippen molar-refractivity contribution >= 4 is 45.8 Å². The van der Waals surface area contributed by atoms with Gasteiger partial charge in [-0.1, -0.05) is 11.8 Å². The molecule has 234 valence electrons. The average Bonchev–Trinajstić information content (AvgIpc) is 3.90. The number of carbonyl (C=O) groups excluding carboxylic acids is 4. The minimum absolute atomic E-state index is 0.0116. The third-order valence-corrected chi connectivity index (χ3v) is 10.5. The van der Waals surface area contributed by atoms with Gasteiger partial charge in [-0.15, -0.1) is 0 Å². The number of aromatic nitrogens is 2. The van der Waals surface area contributed by atoms with E-state index in [1.807, 2.05) is 40.1 Å². The van der Waals surface area contributed by atoms with Crippen molar-refractivity contribution in [3.63, 3.8) is 0 Å². The molecule has 0 bridgehead atoms. The van der Waals surface area contributed by atoms with E-state index < -0.39 is 0 Å². The van der Waals surface area contributed by atoms with Gasteiger partial charge in [0, 0.05) is 73.9 Å². The number of nitrogens with one attached hydrogen (secondary N) is 1. The molecule has 3 aliphatic heterocycles. The van der Waals surface area contributed by atoms with Crippen molar-refractivity contribution in [3.05, 3.63) is 58.9 Å². The van der Waals surface area contributed by atoms with Gasteiger partial charge in [-0.05, 0) is 80.5 Å². The SMILES string of the molecule is O=C1CCC(C(=O)N2CCC[C@H]2c2nc3ccc(C#Cc4ccc5c(c4)CC([C@@H]4CCCN4C(=O)[C@@H]4CCC(=O)C4)=N5)cc3[nH]2)C1. The number of H-pyrrole nitrogens is 1. The van der Waals surface area contributed by atoms with Crippen molar-refractivity contribution in [2.24, 2.45) is 16.8 Å². The monoisotopic (exact) mass is 615 g/mol. The van der Waals surface area contributed by atoms with Crippen molar-refractivity contribution in [1.82, 2.24) is 19.8 Å².